The van der Waals surface area contributed by atoms with Crippen LogP contribution < -0.4 is 4.74 Å². The third-order valence-electron chi connectivity index (χ3n) is 6.97. The number of allylic oxidation sites excluding steroid dienone is 2. The van der Waals surface area contributed by atoms with Crippen LogP contribution in [0.25, 0.3) is 0 Å². The molecule has 0 radical (unpaired) electrons. The summed E-state index contributed by atoms with van der Waals surface area (Å²) in [6, 6.07) is 22.9. The van der Waals surface area contributed by atoms with Crippen molar-refractivity contribution in [3.8, 4) is 5.75 Å². The van der Waals surface area contributed by atoms with Gasteiger partial charge in [-0.25, -0.2) is 0 Å². The summed E-state index contributed by atoms with van der Waals surface area (Å²) in [5.74, 6) is 1.68. The van der Waals surface area contributed by atoms with E-state index < -0.39 is 5.60 Å². The van der Waals surface area contributed by atoms with Crippen molar-refractivity contribution in [2.75, 3.05) is 5.88 Å². The normalized spacial score (nSPS) is 19.6. The van der Waals surface area contributed by atoms with Crippen molar-refractivity contribution >= 4 is 23.2 Å². The molecule has 2 atom stereocenters. The fraction of sp³-hybridized carbons (Fsp3) is 0.312. The van der Waals surface area contributed by atoms with E-state index in [9.17, 15) is 0 Å². The smallest absolute Gasteiger partial charge is 0.124 e. The van der Waals surface area contributed by atoms with Gasteiger partial charge in [-0.3, -0.25) is 0 Å². The molecule has 0 N–H and O–H groups in total. The summed E-state index contributed by atoms with van der Waals surface area (Å²) in [5, 5.41) is 0. The van der Waals surface area contributed by atoms with E-state index in [1.807, 2.05) is 18.2 Å². The van der Waals surface area contributed by atoms with E-state index in [1.165, 1.54) is 5.57 Å². The minimum Gasteiger partial charge on any atom is -0.489 e. The molecule has 0 aromatic heterocycles. The van der Waals surface area contributed by atoms with Crippen molar-refractivity contribution in [1.29, 1.82) is 0 Å². The molecule has 0 fully saturated rings. The zero-order valence-electron chi connectivity index (χ0n) is 21.5. The van der Waals surface area contributed by atoms with E-state index in [0.29, 0.717) is 25.0 Å². The Morgan fingerprint density at radius 2 is 1.58 bits per heavy atom. The highest BCUT2D eigenvalue weighted by Gasteiger charge is 2.43. The lowest BCUT2D eigenvalue weighted by Crippen LogP contribution is -2.41. The molecule has 3 aromatic carbocycles. The first-order chi connectivity index (χ1) is 17.4. The van der Waals surface area contributed by atoms with Crippen molar-refractivity contribution in [2.24, 2.45) is 5.92 Å². The van der Waals surface area contributed by atoms with Crippen LogP contribution in [0.15, 0.2) is 90.0 Å². The van der Waals surface area contributed by atoms with Gasteiger partial charge in [0.25, 0.3) is 0 Å². The van der Waals surface area contributed by atoms with E-state index in [1.54, 1.807) is 0 Å². The fourth-order valence-corrected chi connectivity index (χ4v) is 6.03. The zero-order valence-corrected chi connectivity index (χ0v) is 23.0. The lowest BCUT2D eigenvalue weighted by Gasteiger charge is -2.42. The molecule has 2 nitrogen and oxygen atoms in total. The lowest BCUT2D eigenvalue weighted by molar-refractivity contribution is -0.0543. The minimum atomic E-state index is -0.710. The summed E-state index contributed by atoms with van der Waals surface area (Å²) in [4.78, 5) is 0. The van der Waals surface area contributed by atoms with Gasteiger partial charge in [0.2, 0.25) is 0 Å². The molecule has 1 aliphatic rings. The molecule has 2 unspecified atom stereocenters. The van der Waals surface area contributed by atoms with Crippen LogP contribution in [0.5, 0.6) is 5.75 Å². The van der Waals surface area contributed by atoms with Crippen LogP contribution >= 0.6 is 23.2 Å². The van der Waals surface area contributed by atoms with Crippen molar-refractivity contribution in [3.63, 3.8) is 0 Å². The molecule has 188 valence electrons. The molecule has 0 saturated carbocycles. The number of halogens is 2. The van der Waals surface area contributed by atoms with Gasteiger partial charge in [-0.05, 0) is 67.7 Å². The molecule has 3 aromatic rings. The van der Waals surface area contributed by atoms with Gasteiger partial charge in [-0.1, -0.05) is 77.9 Å². The number of hydrogen-bond acceptors (Lipinski definition) is 2. The Kier molecular flexibility index (Phi) is 8.62. The molecular formula is C32H34Cl2O2. The highest BCUT2D eigenvalue weighted by atomic mass is 35.5. The predicted octanol–water partition coefficient (Wildman–Crippen LogP) is 8.79. The number of hydrogen-bond donors (Lipinski definition) is 0. The van der Waals surface area contributed by atoms with E-state index in [4.69, 9.17) is 32.7 Å². The quantitative estimate of drug-likeness (QED) is 0.262. The molecule has 0 saturated heterocycles. The summed E-state index contributed by atoms with van der Waals surface area (Å²) in [5.41, 5.74) is 8.27. The highest BCUT2D eigenvalue weighted by molar-refractivity contribution is 6.18. The molecule has 4 rings (SSSR count). The van der Waals surface area contributed by atoms with E-state index >= 15 is 0 Å². The molecule has 36 heavy (non-hydrogen) atoms. The highest BCUT2D eigenvalue weighted by Crippen LogP contribution is 2.46. The van der Waals surface area contributed by atoms with Gasteiger partial charge >= 0.3 is 0 Å². The molecule has 4 heteroatoms. The van der Waals surface area contributed by atoms with Crippen molar-refractivity contribution in [2.45, 2.75) is 52.4 Å². The summed E-state index contributed by atoms with van der Waals surface area (Å²) >= 11 is 12.9. The Bertz CT molecular complexity index is 1260. The molecule has 0 spiro atoms. The third kappa shape index (κ3) is 5.57. The monoisotopic (exact) mass is 520 g/mol. The Morgan fingerprint density at radius 3 is 2.31 bits per heavy atom. The molecule has 0 bridgehead atoms. The second-order valence-corrected chi connectivity index (χ2v) is 10.3. The summed E-state index contributed by atoms with van der Waals surface area (Å²) < 4.78 is 13.3. The van der Waals surface area contributed by atoms with Gasteiger partial charge < -0.3 is 9.47 Å². The third-order valence-corrected chi connectivity index (χ3v) is 7.55. The van der Waals surface area contributed by atoms with E-state index in [-0.39, 0.29) is 5.92 Å². The molecule has 0 amide bonds. The van der Waals surface area contributed by atoms with Gasteiger partial charge in [0.05, 0.1) is 12.5 Å². The summed E-state index contributed by atoms with van der Waals surface area (Å²) in [6.07, 6.45) is 4.44. The van der Waals surface area contributed by atoms with Crippen LogP contribution in [0.1, 0.15) is 47.2 Å². The van der Waals surface area contributed by atoms with Crippen molar-refractivity contribution in [3.05, 3.63) is 123 Å². The first kappa shape index (κ1) is 26.5. The zero-order chi connectivity index (χ0) is 25.7. The maximum atomic E-state index is 6.88. The van der Waals surface area contributed by atoms with Crippen LogP contribution in [-0.2, 0) is 29.4 Å². The van der Waals surface area contributed by atoms with Gasteiger partial charge in [-0.2, -0.15) is 0 Å². The van der Waals surface area contributed by atoms with Crippen molar-refractivity contribution in [1.82, 2.24) is 0 Å². The number of aryl methyl sites for hydroxylation is 2. The Balaban J connectivity index is 1.75. The Labute approximate surface area is 225 Å². The van der Waals surface area contributed by atoms with E-state index in [0.717, 1.165) is 44.7 Å². The van der Waals surface area contributed by atoms with Crippen LogP contribution in [0.4, 0.5) is 0 Å². The summed E-state index contributed by atoms with van der Waals surface area (Å²) in [7, 11) is 0. The van der Waals surface area contributed by atoms with Gasteiger partial charge in [0.15, 0.2) is 0 Å². The first-order valence-corrected chi connectivity index (χ1v) is 13.4. The van der Waals surface area contributed by atoms with Crippen LogP contribution in [0, 0.1) is 19.8 Å². The minimum absolute atomic E-state index is 0.00709. The SMILES string of the molecule is CC1=CC(OCc2ccccc2)(c2ccccc2COc2cc(C)cc(C)c2CCl)C(CCl)C(C)=C1. The maximum Gasteiger partial charge on any atom is 0.124 e. The van der Waals surface area contributed by atoms with Gasteiger partial charge in [-0.15, -0.1) is 23.2 Å². The molecule has 0 heterocycles. The topological polar surface area (TPSA) is 18.5 Å². The number of benzene rings is 3. The molecule has 1 aliphatic carbocycles. The van der Waals surface area contributed by atoms with Crippen LogP contribution in [0.2, 0.25) is 0 Å². The van der Waals surface area contributed by atoms with Crippen molar-refractivity contribution < 1.29 is 9.47 Å². The van der Waals surface area contributed by atoms with Crippen LogP contribution in [-0.4, -0.2) is 5.88 Å². The van der Waals surface area contributed by atoms with E-state index in [2.05, 4.69) is 88.4 Å². The predicted molar refractivity (Wildman–Crippen MR) is 151 cm³/mol. The second kappa shape index (κ2) is 11.7. The van der Waals surface area contributed by atoms with Gasteiger partial charge in [0, 0.05) is 17.4 Å². The van der Waals surface area contributed by atoms with Gasteiger partial charge in [0.1, 0.15) is 18.0 Å². The standard InChI is InChI=1S/C32H34Cl2O2/c1-22-14-24(3)28(18-33)31(16-22)35-21-27-12-8-9-13-29(27)32(36-20-26-10-6-5-7-11-26)17-23(2)15-25(4)30(32)19-34/h5-17,30H,18-21H2,1-4H3. The average molecular weight is 522 g/mol. The molecular weight excluding hydrogens is 487 g/mol. The number of alkyl halides is 2. The number of rotatable bonds is 9. The largest absolute Gasteiger partial charge is 0.489 e. The Hall–Kier alpha value is -2.52. The first-order valence-electron chi connectivity index (χ1n) is 12.4. The molecule has 0 aliphatic heterocycles. The second-order valence-electron chi connectivity index (χ2n) is 9.69. The summed E-state index contributed by atoms with van der Waals surface area (Å²) in [6.45, 7) is 9.31. The maximum absolute atomic E-state index is 6.88. The Morgan fingerprint density at radius 1 is 0.861 bits per heavy atom. The van der Waals surface area contributed by atoms with Crippen LogP contribution in [0.3, 0.4) is 0 Å². The number of ether oxygens (including phenoxy) is 2. The fourth-order valence-electron chi connectivity index (χ4n) is 5.22. The lowest BCUT2D eigenvalue weighted by atomic mass is 9.72. The average Bonchev–Trinajstić information content (AvgIpc) is 2.86.